The van der Waals surface area contributed by atoms with Crippen LogP contribution in [0.25, 0.3) is 0 Å². The summed E-state index contributed by atoms with van der Waals surface area (Å²) in [7, 11) is 1.44. The van der Waals surface area contributed by atoms with E-state index in [0.717, 1.165) is 0 Å². The van der Waals surface area contributed by atoms with Gasteiger partial charge in [0.15, 0.2) is 5.75 Å². The van der Waals surface area contributed by atoms with Crippen LogP contribution in [0.2, 0.25) is 5.02 Å². The van der Waals surface area contributed by atoms with E-state index in [2.05, 4.69) is 10.3 Å². The number of methoxy groups -OCH3 is 1. The molecule has 126 valence electrons. The highest BCUT2D eigenvalue weighted by atomic mass is 35.5. The van der Waals surface area contributed by atoms with Crippen LogP contribution in [0, 0.1) is 0 Å². The lowest BCUT2D eigenvalue weighted by atomic mass is 10.3. The molecule has 0 saturated carbocycles. The van der Waals surface area contributed by atoms with E-state index >= 15 is 0 Å². The Morgan fingerprint density at radius 2 is 2.12 bits per heavy atom. The normalized spacial score (nSPS) is 11.6. The van der Waals surface area contributed by atoms with Crippen LogP contribution in [0.15, 0.2) is 41.6 Å². The fraction of sp³-hybridized carbons (Fsp3) is 0.133. The van der Waals surface area contributed by atoms with Crippen molar-refractivity contribution in [2.24, 2.45) is 0 Å². The van der Waals surface area contributed by atoms with Crippen molar-refractivity contribution in [2.75, 3.05) is 18.2 Å². The highest BCUT2D eigenvalue weighted by molar-refractivity contribution is 7.92. The summed E-state index contributed by atoms with van der Waals surface area (Å²) in [5, 5.41) is 11.9. The number of anilines is 1. The third-order valence-corrected chi connectivity index (χ3v) is 4.36. The smallest absolute Gasteiger partial charge is 0.335 e. The molecule has 0 radical (unpaired) electrons. The summed E-state index contributed by atoms with van der Waals surface area (Å²) in [6, 6.07) is 7.15. The van der Waals surface area contributed by atoms with Crippen LogP contribution in [-0.2, 0) is 16.0 Å². The molecule has 0 aliphatic heterocycles. The molecule has 0 fully saturated rings. The highest BCUT2D eigenvalue weighted by Crippen LogP contribution is 2.27. The SMILES string of the molecule is COc1ccc(Cl)cc1NC(=O)C[S+]([O-])c1cc(C(=O)O)ccn1. The summed E-state index contributed by atoms with van der Waals surface area (Å²) in [6.45, 7) is 0. The Morgan fingerprint density at radius 3 is 2.79 bits per heavy atom. The lowest BCUT2D eigenvalue weighted by Crippen LogP contribution is -2.24. The summed E-state index contributed by atoms with van der Waals surface area (Å²) in [5.41, 5.74) is 0.296. The van der Waals surface area contributed by atoms with Gasteiger partial charge in [-0.2, -0.15) is 0 Å². The van der Waals surface area contributed by atoms with Crippen molar-refractivity contribution in [1.82, 2.24) is 4.98 Å². The van der Waals surface area contributed by atoms with Gasteiger partial charge in [-0.05, 0) is 24.3 Å². The Morgan fingerprint density at radius 1 is 1.38 bits per heavy atom. The van der Waals surface area contributed by atoms with Gasteiger partial charge in [0.05, 0.1) is 18.4 Å². The number of nitrogens with zero attached hydrogens (tertiary/aromatic N) is 1. The zero-order chi connectivity index (χ0) is 17.7. The molecule has 0 spiro atoms. The molecule has 1 atom stereocenters. The summed E-state index contributed by atoms with van der Waals surface area (Å²) < 4.78 is 17.3. The van der Waals surface area contributed by atoms with Gasteiger partial charge in [0.25, 0.3) is 5.91 Å². The molecule has 0 aliphatic carbocycles. The molecule has 1 aromatic carbocycles. The van der Waals surface area contributed by atoms with E-state index in [1.54, 1.807) is 12.1 Å². The van der Waals surface area contributed by atoms with Crippen molar-refractivity contribution in [3.05, 3.63) is 47.1 Å². The second kappa shape index (κ2) is 8.00. The monoisotopic (exact) mass is 368 g/mol. The molecule has 1 amide bonds. The topological polar surface area (TPSA) is 112 Å². The number of halogens is 1. The fourth-order valence-corrected chi connectivity index (χ4v) is 2.89. The Balaban J connectivity index is 2.08. The summed E-state index contributed by atoms with van der Waals surface area (Å²) >= 11 is 4.09. The molecule has 0 bridgehead atoms. The Bertz CT molecular complexity index is 771. The van der Waals surface area contributed by atoms with Crippen molar-refractivity contribution in [1.29, 1.82) is 0 Å². The lowest BCUT2D eigenvalue weighted by molar-refractivity contribution is -0.113. The molecule has 2 N–H and O–H groups in total. The molecule has 9 heteroatoms. The van der Waals surface area contributed by atoms with Gasteiger partial charge in [0.2, 0.25) is 5.03 Å². The maximum Gasteiger partial charge on any atom is 0.335 e. The van der Waals surface area contributed by atoms with E-state index in [1.165, 1.54) is 31.5 Å². The minimum absolute atomic E-state index is 0.0168. The fourth-order valence-electron chi connectivity index (χ4n) is 1.82. The predicted molar refractivity (Wildman–Crippen MR) is 89.1 cm³/mol. The minimum Gasteiger partial charge on any atom is -0.610 e. The van der Waals surface area contributed by atoms with Crippen molar-refractivity contribution in [3.8, 4) is 5.75 Å². The zero-order valence-corrected chi connectivity index (χ0v) is 14.1. The van der Waals surface area contributed by atoms with Crippen molar-refractivity contribution in [2.45, 2.75) is 5.03 Å². The third-order valence-electron chi connectivity index (χ3n) is 2.91. The lowest BCUT2D eigenvalue weighted by Gasteiger charge is -2.12. The summed E-state index contributed by atoms with van der Waals surface area (Å²) in [4.78, 5) is 26.8. The van der Waals surface area contributed by atoms with E-state index in [1.807, 2.05) is 0 Å². The number of carbonyl (C=O) groups excluding carboxylic acids is 1. The van der Waals surface area contributed by atoms with E-state index < -0.39 is 23.1 Å². The van der Waals surface area contributed by atoms with Crippen LogP contribution in [0.3, 0.4) is 0 Å². The zero-order valence-electron chi connectivity index (χ0n) is 12.5. The molecule has 2 rings (SSSR count). The molecule has 2 aromatic rings. The second-order valence-electron chi connectivity index (χ2n) is 4.57. The van der Waals surface area contributed by atoms with Gasteiger partial charge in [-0.25, -0.2) is 9.78 Å². The van der Waals surface area contributed by atoms with Crippen LogP contribution in [-0.4, -0.2) is 39.4 Å². The number of aromatic carboxylic acids is 1. The average Bonchev–Trinajstić information content (AvgIpc) is 2.55. The number of carboxylic acids is 1. The third kappa shape index (κ3) is 4.60. The number of aromatic nitrogens is 1. The summed E-state index contributed by atoms with van der Waals surface area (Å²) in [5.74, 6) is -1.68. The quantitative estimate of drug-likeness (QED) is 0.756. The van der Waals surface area contributed by atoms with Crippen LogP contribution in [0.5, 0.6) is 5.75 Å². The number of hydrogen-bond acceptors (Lipinski definition) is 5. The number of carbonyl (C=O) groups is 2. The highest BCUT2D eigenvalue weighted by Gasteiger charge is 2.20. The maximum absolute atomic E-state index is 12.2. The van der Waals surface area contributed by atoms with E-state index in [-0.39, 0.29) is 16.3 Å². The average molecular weight is 369 g/mol. The Kier molecular flexibility index (Phi) is 6.02. The van der Waals surface area contributed by atoms with Crippen LogP contribution < -0.4 is 10.1 Å². The first-order chi connectivity index (χ1) is 11.4. The molecule has 24 heavy (non-hydrogen) atoms. The number of hydrogen-bond donors (Lipinski definition) is 2. The number of rotatable bonds is 6. The Hall–Kier alpha value is -2.29. The number of nitrogens with one attached hydrogen (secondary N) is 1. The minimum atomic E-state index is -1.79. The maximum atomic E-state index is 12.2. The first-order valence-electron chi connectivity index (χ1n) is 6.62. The van der Waals surface area contributed by atoms with E-state index in [9.17, 15) is 14.1 Å². The Labute approximate surface area is 145 Å². The number of amides is 1. The van der Waals surface area contributed by atoms with E-state index in [4.69, 9.17) is 21.4 Å². The second-order valence-corrected chi connectivity index (χ2v) is 6.40. The van der Waals surface area contributed by atoms with E-state index in [0.29, 0.717) is 16.5 Å². The summed E-state index contributed by atoms with van der Waals surface area (Å²) in [6.07, 6.45) is 1.23. The number of pyridine rings is 1. The van der Waals surface area contributed by atoms with Gasteiger partial charge in [0.1, 0.15) is 5.75 Å². The molecule has 0 saturated heterocycles. The van der Waals surface area contributed by atoms with Crippen molar-refractivity contribution >= 4 is 40.3 Å². The van der Waals surface area contributed by atoms with Crippen molar-refractivity contribution < 1.29 is 24.0 Å². The van der Waals surface area contributed by atoms with Crippen molar-refractivity contribution in [3.63, 3.8) is 0 Å². The number of benzene rings is 1. The first-order valence-corrected chi connectivity index (χ1v) is 8.31. The van der Waals surface area contributed by atoms with Gasteiger partial charge >= 0.3 is 5.97 Å². The molecule has 7 nitrogen and oxygen atoms in total. The molecule has 0 aliphatic rings. The van der Waals surface area contributed by atoms with Gasteiger partial charge in [-0.15, -0.1) is 0 Å². The molecule has 1 aromatic heterocycles. The standard InChI is InChI=1S/C15H13ClN2O5S/c1-23-12-3-2-10(16)7-11(12)18-13(19)8-24(22)14-6-9(15(20)21)4-5-17-14/h2-7H,8H2,1H3,(H,18,19)(H,20,21). The molecular formula is C15H13ClN2O5S. The molecule has 1 heterocycles. The molecule has 1 unspecified atom stereocenters. The van der Waals surface area contributed by atoms with Gasteiger partial charge < -0.3 is 19.7 Å². The molecular weight excluding hydrogens is 356 g/mol. The van der Waals surface area contributed by atoms with Crippen LogP contribution >= 0.6 is 11.6 Å². The van der Waals surface area contributed by atoms with Gasteiger partial charge in [-0.1, -0.05) is 11.6 Å². The number of ether oxygens (including phenoxy) is 1. The van der Waals surface area contributed by atoms with Crippen LogP contribution in [0.1, 0.15) is 10.4 Å². The van der Waals surface area contributed by atoms with Gasteiger partial charge in [-0.3, -0.25) is 4.79 Å². The first kappa shape index (κ1) is 18.1. The van der Waals surface area contributed by atoms with Crippen LogP contribution in [0.4, 0.5) is 5.69 Å². The largest absolute Gasteiger partial charge is 0.610 e. The number of carboxylic acid groups (broad SMARTS) is 1. The van der Waals surface area contributed by atoms with Gasteiger partial charge in [0, 0.05) is 28.5 Å². The predicted octanol–water partition coefficient (Wildman–Crippen LogP) is 2.19.